The van der Waals surface area contributed by atoms with Gasteiger partial charge < -0.3 is 38.8 Å². The van der Waals surface area contributed by atoms with Crippen LogP contribution in [0.15, 0.2) is 6.20 Å². The average Bonchev–Trinajstić information content (AvgIpc) is 3.36. The summed E-state index contributed by atoms with van der Waals surface area (Å²) in [4.78, 5) is 22.2. The molecule has 1 aliphatic rings. The van der Waals surface area contributed by atoms with Crippen LogP contribution in [0.3, 0.4) is 0 Å². The number of unbranched alkanes of at least 4 members (excludes halogenated alkanes) is 3. The van der Waals surface area contributed by atoms with E-state index in [9.17, 15) is 14.7 Å². The molecule has 0 aliphatic carbocycles. The van der Waals surface area contributed by atoms with E-state index in [0.717, 1.165) is 50.8 Å². The first kappa shape index (κ1) is 32.1. The van der Waals surface area contributed by atoms with E-state index in [0.29, 0.717) is 79.0 Å². The number of aliphatic carboxylic acids is 1. The number of nitrogens with one attached hydrogen (secondary N) is 1. The van der Waals surface area contributed by atoms with Crippen LogP contribution < -0.4 is 5.32 Å². The van der Waals surface area contributed by atoms with Gasteiger partial charge in [-0.3, -0.25) is 9.48 Å². The molecule has 2 N–H and O–H groups in total. The minimum atomic E-state index is -1.45. The summed E-state index contributed by atoms with van der Waals surface area (Å²) in [6.07, 6.45) is 7.64. The van der Waals surface area contributed by atoms with Crippen LogP contribution in [0.4, 0.5) is 0 Å². The van der Waals surface area contributed by atoms with Crippen molar-refractivity contribution >= 4 is 11.9 Å². The highest BCUT2D eigenvalue weighted by Gasteiger charge is 2.42. The molecule has 0 aromatic carbocycles. The molecule has 1 amide bonds. The van der Waals surface area contributed by atoms with Gasteiger partial charge in [0.05, 0.1) is 72.3 Å². The summed E-state index contributed by atoms with van der Waals surface area (Å²) in [5.74, 6) is -2.55. The van der Waals surface area contributed by atoms with Gasteiger partial charge in [-0.25, -0.2) is 4.79 Å². The summed E-state index contributed by atoms with van der Waals surface area (Å²) in [7, 11) is 0. The molecule has 0 saturated carbocycles. The molecule has 1 aromatic rings. The van der Waals surface area contributed by atoms with Crippen LogP contribution in [0.25, 0.3) is 0 Å². The van der Waals surface area contributed by atoms with E-state index in [4.69, 9.17) is 28.4 Å². The van der Waals surface area contributed by atoms with Crippen molar-refractivity contribution in [2.75, 3.05) is 66.0 Å². The highest BCUT2D eigenvalue weighted by Crippen LogP contribution is 2.27. The zero-order valence-corrected chi connectivity index (χ0v) is 22.6. The van der Waals surface area contributed by atoms with Crippen molar-refractivity contribution in [3.8, 4) is 0 Å². The van der Waals surface area contributed by atoms with Gasteiger partial charge in [0.15, 0.2) is 0 Å². The Hall–Kier alpha value is -2.16. The number of hydrogen-bond donors (Lipinski definition) is 2. The maximum absolute atomic E-state index is 11.5. The number of carbonyl (C=O) groups is 2. The van der Waals surface area contributed by atoms with Crippen molar-refractivity contribution in [3.05, 3.63) is 11.9 Å². The Balaban J connectivity index is 1.37. The van der Waals surface area contributed by atoms with Crippen molar-refractivity contribution in [1.29, 1.82) is 0 Å². The third-order valence-electron chi connectivity index (χ3n) is 5.75. The number of carbonyl (C=O) groups excluding carboxylic acids is 1. The fourth-order valence-corrected chi connectivity index (χ4v) is 3.73. The Morgan fingerprint density at radius 3 is 2.32 bits per heavy atom. The van der Waals surface area contributed by atoms with Crippen molar-refractivity contribution in [2.24, 2.45) is 0 Å². The van der Waals surface area contributed by atoms with Gasteiger partial charge in [-0.1, -0.05) is 18.1 Å². The molecule has 2 rings (SSSR count). The van der Waals surface area contributed by atoms with Gasteiger partial charge in [-0.2, -0.15) is 0 Å². The Morgan fingerprint density at radius 2 is 1.66 bits per heavy atom. The van der Waals surface area contributed by atoms with E-state index in [-0.39, 0.29) is 5.91 Å². The summed E-state index contributed by atoms with van der Waals surface area (Å²) < 4.78 is 34.6. The number of ether oxygens (including phenoxy) is 6. The second-order valence-electron chi connectivity index (χ2n) is 8.97. The molecule has 2 heterocycles. The lowest BCUT2D eigenvalue weighted by atomic mass is 10.1. The first-order chi connectivity index (χ1) is 18.5. The van der Waals surface area contributed by atoms with Gasteiger partial charge >= 0.3 is 5.97 Å². The Kier molecular flexibility index (Phi) is 16.7. The molecule has 1 fully saturated rings. The fraction of sp³-hybridized carbons (Fsp3) is 0.840. The summed E-state index contributed by atoms with van der Waals surface area (Å²) in [6, 6.07) is 0. The summed E-state index contributed by atoms with van der Waals surface area (Å²) in [5, 5.41) is 20.3. The van der Waals surface area contributed by atoms with Gasteiger partial charge in [0.1, 0.15) is 5.69 Å². The molecule has 13 heteroatoms. The number of amides is 1. The minimum absolute atomic E-state index is 0.0663. The quantitative estimate of drug-likeness (QED) is 0.193. The van der Waals surface area contributed by atoms with Crippen LogP contribution in [0.2, 0.25) is 0 Å². The zero-order valence-electron chi connectivity index (χ0n) is 22.6. The molecular formula is C25H44N4O9. The van der Waals surface area contributed by atoms with Crippen LogP contribution in [0.5, 0.6) is 0 Å². The zero-order chi connectivity index (χ0) is 27.3. The summed E-state index contributed by atoms with van der Waals surface area (Å²) >= 11 is 0. The van der Waals surface area contributed by atoms with Crippen molar-refractivity contribution in [1.82, 2.24) is 20.3 Å². The van der Waals surface area contributed by atoms with Gasteiger partial charge in [0.2, 0.25) is 5.91 Å². The third-order valence-corrected chi connectivity index (χ3v) is 5.75. The topological polar surface area (TPSA) is 152 Å². The Bertz CT molecular complexity index is 772. The number of aromatic nitrogens is 3. The van der Waals surface area contributed by atoms with Gasteiger partial charge in [0, 0.05) is 26.4 Å². The van der Waals surface area contributed by atoms with Crippen molar-refractivity contribution < 1.29 is 43.1 Å². The van der Waals surface area contributed by atoms with E-state index in [1.165, 1.54) is 6.92 Å². The number of carboxylic acid groups (broad SMARTS) is 1. The van der Waals surface area contributed by atoms with Gasteiger partial charge in [0.25, 0.3) is 5.79 Å². The number of hydrogen-bond acceptors (Lipinski definition) is 10. The smallest absolute Gasteiger partial charge is 0.364 e. The van der Waals surface area contributed by atoms with Crippen LogP contribution in [-0.4, -0.2) is 104 Å². The molecule has 1 saturated heterocycles. The molecule has 218 valence electrons. The highest BCUT2D eigenvalue weighted by molar-refractivity contribution is 5.75. The van der Waals surface area contributed by atoms with E-state index < -0.39 is 11.8 Å². The Labute approximate surface area is 224 Å². The van der Waals surface area contributed by atoms with Crippen molar-refractivity contribution in [2.45, 2.75) is 70.8 Å². The van der Waals surface area contributed by atoms with Gasteiger partial charge in [-0.05, 0) is 25.7 Å². The number of aryl methyl sites for hydroxylation is 1. The molecule has 0 bridgehead atoms. The third kappa shape index (κ3) is 14.1. The van der Waals surface area contributed by atoms with Crippen LogP contribution in [0, 0.1) is 0 Å². The van der Waals surface area contributed by atoms with E-state index >= 15 is 0 Å². The molecule has 1 unspecified atom stereocenters. The van der Waals surface area contributed by atoms with E-state index in [2.05, 4.69) is 15.6 Å². The first-order valence-corrected chi connectivity index (χ1v) is 13.5. The standard InChI is InChI=1S/C25H44N4O9/c1-22(30)26-9-13-33-14-15-34-16-17-35-18-19-36-21-23-20-29(28-27-23)10-5-2-3-6-11-37-25(24(31)32)8-4-7-12-38-25/h20H,2-19,21H2,1H3,(H,26,30)(H,31,32). The highest BCUT2D eigenvalue weighted by atomic mass is 16.7. The summed E-state index contributed by atoms with van der Waals surface area (Å²) in [5.41, 5.74) is 0.770. The largest absolute Gasteiger partial charge is 0.477 e. The van der Waals surface area contributed by atoms with Crippen LogP contribution in [0.1, 0.15) is 57.6 Å². The molecule has 0 spiro atoms. The fourth-order valence-electron chi connectivity index (χ4n) is 3.73. The van der Waals surface area contributed by atoms with E-state index in [1.54, 1.807) is 0 Å². The molecule has 38 heavy (non-hydrogen) atoms. The molecule has 1 aromatic heterocycles. The van der Waals surface area contributed by atoms with Crippen LogP contribution >= 0.6 is 0 Å². The van der Waals surface area contributed by atoms with Gasteiger partial charge in [-0.15, -0.1) is 5.10 Å². The number of nitrogens with zero attached hydrogens (tertiary/aromatic N) is 3. The normalized spacial score (nSPS) is 17.5. The predicted molar refractivity (Wildman–Crippen MR) is 135 cm³/mol. The molecule has 1 aliphatic heterocycles. The second kappa shape index (κ2) is 19.8. The Morgan fingerprint density at radius 1 is 0.974 bits per heavy atom. The number of carboxylic acids is 1. The molecule has 0 radical (unpaired) electrons. The lowest BCUT2D eigenvalue weighted by Gasteiger charge is -2.32. The van der Waals surface area contributed by atoms with Crippen molar-refractivity contribution in [3.63, 3.8) is 0 Å². The second-order valence-corrected chi connectivity index (χ2v) is 8.97. The minimum Gasteiger partial charge on any atom is -0.477 e. The molecule has 13 nitrogen and oxygen atoms in total. The lowest BCUT2D eigenvalue weighted by Crippen LogP contribution is -2.47. The SMILES string of the molecule is CC(=O)NCCOCCOCCOCCOCc1cn(CCCCCCOC2(C(=O)O)CCCCO2)nn1. The first-order valence-electron chi connectivity index (χ1n) is 13.5. The lowest BCUT2D eigenvalue weighted by molar-refractivity contribution is -0.257. The number of rotatable bonds is 23. The predicted octanol–water partition coefficient (Wildman–Crippen LogP) is 1.54. The van der Waals surface area contributed by atoms with Crippen LogP contribution in [-0.2, 0) is 51.2 Å². The average molecular weight is 545 g/mol. The molecule has 1 atom stereocenters. The monoisotopic (exact) mass is 544 g/mol. The maximum atomic E-state index is 11.5. The molecular weight excluding hydrogens is 500 g/mol. The summed E-state index contributed by atoms with van der Waals surface area (Å²) in [6.45, 7) is 7.22. The van der Waals surface area contributed by atoms with E-state index in [1.807, 2.05) is 10.9 Å². The maximum Gasteiger partial charge on any atom is 0.364 e.